The molecule has 0 atom stereocenters. The molecule has 0 N–H and O–H groups in total. The molecular formula is C24H18N2O5. The maximum absolute atomic E-state index is 12.7. The molecule has 1 saturated heterocycles. The third-order valence-electron chi connectivity index (χ3n) is 4.82. The number of ether oxygens (including phenoxy) is 1. The quantitative estimate of drug-likeness (QED) is 0.361. The van der Waals surface area contributed by atoms with Gasteiger partial charge in [-0.1, -0.05) is 48.5 Å². The highest BCUT2D eigenvalue weighted by Crippen LogP contribution is 2.23. The van der Waals surface area contributed by atoms with Crippen molar-refractivity contribution in [2.45, 2.75) is 6.61 Å². The van der Waals surface area contributed by atoms with Gasteiger partial charge in [-0.05, 0) is 42.0 Å². The van der Waals surface area contributed by atoms with Gasteiger partial charge in [-0.15, -0.1) is 0 Å². The van der Waals surface area contributed by atoms with Crippen LogP contribution >= 0.6 is 0 Å². The first kappa shape index (κ1) is 20.0. The number of urea groups is 1. The molecule has 154 valence electrons. The molecule has 1 heterocycles. The molecule has 3 aromatic carbocycles. The van der Waals surface area contributed by atoms with Gasteiger partial charge >= 0.3 is 12.0 Å². The normalized spacial score (nSPS) is 13.4. The largest absolute Gasteiger partial charge is 0.457 e. The van der Waals surface area contributed by atoms with Crippen LogP contribution in [0.3, 0.4) is 0 Å². The van der Waals surface area contributed by atoms with Gasteiger partial charge in [0.2, 0.25) is 0 Å². The first-order valence-corrected chi connectivity index (χ1v) is 9.59. The van der Waals surface area contributed by atoms with Crippen LogP contribution < -0.4 is 4.90 Å². The summed E-state index contributed by atoms with van der Waals surface area (Å²) in [7, 11) is 0. The van der Waals surface area contributed by atoms with Gasteiger partial charge in [0.15, 0.2) is 0 Å². The first-order chi connectivity index (χ1) is 15.0. The number of nitrogens with zero attached hydrogens (tertiary/aromatic N) is 2. The predicted molar refractivity (Wildman–Crippen MR) is 112 cm³/mol. The predicted octanol–water partition coefficient (Wildman–Crippen LogP) is 3.65. The second-order valence-corrected chi connectivity index (χ2v) is 6.88. The lowest BCUT2D eigenvalue weighted by atomic mass is 10.2. The average Bonchev–Trinajstić information content (AvgIpc) is 3.12. The van der Waals surface area contributed by atoms with Gasteiger partial charge < -0.3 is 4.74 Å². The number of rotatable bonds is 5. The lowest BCUT2D eigenvalue weighted by Gasteiger charge is -2.16. The van der Waals surface area contributed by atoms with Gasteiger partial charge in [0.05, 0.1) is 5.56 Å². The van der Waals surface area contributed by atoms with Crippen LogP contribution in [0, 0.1) is 0 Å². The maximum atomic E-state index is 12.7. The summed E-state index contributed by atoms with van der Waals surface area (Å²) in [4.78, 5) is 51.7. The molecule has 1 aliphatic heterocycles. The zero-order valence-corrected chi connectivity index (χ0v) is 16.4. The molecule has 1 aliphatic rings. The number of benzene rings is 3. The van der Waals surface area contributed by atoms with E-state index in [1.165, 1.54) is 17.0 Å². The van der Waals surface area contributed by atoms with Crippen molar-refractivity contribution in [3.05, 3.63) is 102 Å². The monoisotopic (exact) mass is 414 g/mol. The number of amides is 4. The van der Waals surface area contributed by atoms with Crippen LogP contribution in [-0.2, 0) is 16.1 Å². The summed E-state index contributed by atoms with van der Waals surface area (Å²) in [6.45, 7) is -0.105. The van der Waals surface area contributed by atoms with E-state index in [4.69, 9.17) is 4.74 Å². The topological polar surface area (TPSA) is 84.0 Å². The number of carbonyl (C=O) groups excluding carboxylic acids is 4. The van der Waals surface area contributed by atoms with Gasteiger partial charge in [-0.2, -0.15) is 4.90 Å². The average molecular weight is 414 g/mol. The SMILES string of the molecule is O=C(OCc1ccccc1)c1ccc(N2CC(=O)N(C(=O)c3ccccc3)C2=O)cc1. The Balaban J connectivity index is 1.44. The van der Waals surface area contributed by atoms with E-state index in [9.17, 15) is 19.2 Å². The fourth-order valence-electron chi connectivity index (χ4n) is 3.20. The van der Waals surface area contributed by atoms with Gasteiger partial charge in [-0.25, -0.2) is 9.59 Å². The summed E-state index contributed by atoms with van der Waals surface area (Å²) in [5.74, 6) is -1.77. The minimum Gasteiger partial charge on any atom is -0.457 e. The zero-order chi connectivity index (χ0) is 21.8. The van der Waals surface area contributed by atoms with Crippen molar-refractivity contribution in [1.82, 2.24) is 4.90 Å². The highest BCUT2D eigenvalue weighted by molar-refractivity contribution is 6.24. The van der Waals surface area contributed by atoms with E-state index in [0.717, 1.165) is 5.56 Å². The molecule has 0 unspecified atom stereocenters. The van der Waals surface area contributed by atoms with E-state index in [2.05, 4.69) is 0 Å². The fraction of sp³-hybridized carbons (Fsp3) is 0.0833. The minimum absolute atomic E-state index is 0.150. The molecule has 0 spiro atoms. The Bertz CT molecular complexity index is 1130. The van der Waals surface area contributed by atoms with Gasteiger partial charge in [-0.3, -0.25) is 14.5 Å². The van der Waals surface area contributed by atoms with Crippen molar-refractivity contribution in [1.29, 1.82) is 0 Å². The van der Waals surface area contributed by atoms with E-state index < -0.39 is 23.8 Å². The van der Waals surface area contributed by atoms with Crippen LogP contribution in [-0.4, -0.2) is 35.3 Å². The second-order valence-electron chi connectivity index (χ2n) is 6.88. The zero-order valence-electron chi connectivity index (χ0n) is 16.4. The van der Waals surface area contributed by atoms with E-state index in [1.54, 1.807) is 42.5 Å². The number of hydrogen-bond acceptors (Lipinski definition) is 5. The van der Waals surface area contributed by atoms with Crippen molar-refractivity contribution >= 4 is 29.5 Å². The third kappa shape index (κ3) is 4.20. The van der Waals surface area contributed by atoms with Crippen LogP contribution in [0.1, 0.15) is 26.3 Å². The van der Waals surface area contributed by atoms with Crippen molar-refractivity contribution in [2.75, 3.05) is 11.4 Å². The van der Waals surface area contributed by atoms with Gasteiger partial charge in [0, 0.05) is 11.3 Å². The highest BCUT2D eigenvalue weighted by Gasteiger charge is 2.41. The summed E-state index contributed by atoms with van der Waals surface area (Å²) in [5, 5.41) is 0. The second kappa shape index (κ2) is 8.62. The fourth-order valence-corrected chi connectivity index (χ4v) is 3.20. The molecule has 0 aliphatic carbocycles. The van der Waals surface area contributed by atoms with Crippen molar-refractivity contribution in [3.63, 3.8) is 0 Å². The van der Waals surface area contributed by atoms with Crippen LogP contribution in [0.4, 0.5) is 10.5 Å². The summed E-state index contributed by atoms with van der Waals surface area (Å²) in [5.41, 5.74) is 1.84. The highest BCUT2D eigenvalue weighted by atomic mass is 16.5. The number of carbonyl (C=O) groups is 4. The summed E-state index contributed by atoms with van der Waals surface area (Å²) in [6.07, 6.45) is 0. The molecule has 1 fully saturated rings. The summed E-state index contributed by atoms with van der Waals surface area (Å²) < 4.78 is 5.29. The van der Waals surface area contributed by atoms with Crippen LogP contribution in [0.2, 0.25) is 0 Å². The van der Waals surface area contributed by atoms with E-state index in [-0.39, 0.29) is 18.7 Å². The van der Waals surface area contributed by atoms with Crippen LogP contribution in [0.5, 0.6) is 0 Å². The number of anilines is 1. The third-order valence-corrected chi connectivity index (χ3v) is 4.82. The minimum atomic E-state index is -0.724. The molecule has 7 heteroatoms. The van der Waals surface area contributed by atoms with Gasteiger partial charge in [0.25, 0.3) is 11.8 Å². The molecular weight excluding hydrogens is 396 g/mol. The van der Waals surface area contributed by atoms with Crippen molar-refractivity contribution < 1.29 is 23.9 Å². The molecule has 4 rings (SSSR count). The lowest BCUT2D eigenvalue weighted by Crippen LogP contribution is -2.38. The Hall–Kier alpha value is -4.26. The number of imide groups is 3. The molecule has 0 saturated carbocycles. The van der Waals surface area contributed by atoms with Gasteiger partial charge in [0.1, 0.15) is 13.2 Å². The standard InChI is InChI=1S/C24H18N2O5/c27-21-15-25(24(30)26(21)22(28)18-9-5-2-6-10-18)20-13-11-19(12-14-20)23(29)31-16-17-7-3-1-4-8-17/h1-14H,15-16H2. The first-order valence-electron chi connectivity index (χ1n) is 9.59. The number of esters is 1. The molecule has 4 amide bonds. The van der Waals surface area contributed by atoms with Crippen LogP contribution in [0.15, 0.2) is 84.9 Å². The van der Waals surface area contributed by atoms with Crippen molar-refractivity contribution in [2.24, 2.45) is 0 Å². The smallest absolute Gasteiger partial charge is 0.338 e. The molecule has 0 bridgehead atoms. The summed E-state index contributed by atoms with van der Waals surface area (Å²) >= 11 is 0. The molecule has 7 nitrogen and oxygen atoms in total. The Morgan fingerprint density at radius 1 is 0.774 bits per heavy atom. The molecule has 31 heavy (non-hydrogen) atoms. The Labute approximate surface area is 178 Å². The Morgan fingerprint density at radius 2 is 1.39 bits per heavy atom. The lowest BCUT2D eigenvalue weighted by molar-refractivity contribution is -0.123. The van der Waals surface area contributed by atoms with E-state index in [0.29, 0.717) is 16.2 Å². The van der Waals surface area contributed by atoms with Crippen molar-refractivity contribution in [3.8, 4) is 0 Å². The Morgan fingerprint density at radius 3 is 2.03 bits per heavy atom. The molecule has 0 aromatic heterocycles. The van der Waals surface area contributed by atoms with E-state index in [1.807, 2.05) is 30.3 Å². The van der Waals surface area contributed by atoms with E-state index >= 15 is 0 Å². The number of hydrogen-bond donors (Lipinski definition) is 0. The summed E-state index contributed by atoms with van der Waals surface area (Å²) in [6, 6.07) is 22.8. The maximum Gasteiger partial charge on any atom is 0.338 e. The van der Waals surface area contributed by atoms with Crippen LogP contribution in [0.25, 0.3) is 0 Å². The molecule has 3 aromatic rings. The molecule has 0 radical (unpaired) electrons. The Kier molecular flexibility index (Phi) is 5.57.